The van der Waals surface area contributed by atoms with Crippen molar-refractivity contribution in [2.45, 2.75) is 51.9 Å². The first-order chi connectivity index (χ1) is 7.95. The highest BCUT2D eigenvalue weighted by Gasteiger charge is 2.03. The van der Waals surface area contributed by atoms with E-state index < -0.39 is 0 Å². The minimum atomic E-state index is 0.726. The van der Waals surface area contributed by atoms with Crippen molar-refractivity contribution in [1.29, 1.82) is 0 Å². The zero-order chi connectivity index (χ0) is 13.3. The molecular weight excluding hydrogens is 284 g/mol. The van der Waals surface area contributed by atoms with Gasteiger partial charge in [-0.1, -0.05) is 48.9 Å². The fourth-order valence-electron chi connectivity index (χ4n) is 1.25. The second-order valence-electron chi connectivity index (χ2n) is 4.07. The zero-order valence-electron chi connectivity index (χ0n) is 10.3. The lowest BCUT2D eigenvalue weighted by molar-refractivity contribution is 1.04. The summed E-state index contributed by atoms with van der Waals surface area (Å²) >= 11 is 20.7. The second-order valence-corrected chi connectivity index (χ2v) is 6.50. The van der Waals surface area contributed by atoms with E-state index >= 15 is 0 Å². The van der Waals surface area contributed by atoms with E-state index in [2.05, 4.69) is 6.92 Å². The van der Waals surface area contributed by atoms with E-state index in [0.29, 0.717) is 0 Å². The number of hydrogen-bond donors (Lipinski definition) is 0. The molecule has 0 aliphatic carbocycles. The van der Waals surface area contributed by atoms with Crippen LogP contribution in [0.5, 0.6) is 0 Å². The Balaban J connectivity index is 3.66. The van der Waals surface area contributed by atoms with Crippen molar-refractivity contribution in [1.82, 2.24) is 0 Å². The van der Waals surface area contributed by atoms with Crippen molar-refractivity contribution in [3.63, 3.8) is 0 Å². The monoisotopic (exact) mass is 303 g/mol. The minimum absolute atomic E-state index is 0.726. The standard InChI is InChI=1S/C13H19S4/c1-3-11(15)6-7-13(17)9-8-12(16)5-4-10(2)14/h1,3-9H2,2H3. The first-order valence-corrected chi connectivity index (χ1v) is 7.42. The van der Waals surface area contributed by atoms with E-state index in [1.807, 2.05) is 6.92 Å². The Bertz CT molecular complexity index is 305. The van der Waals surface area contributed by atoms with Gasteiger partial charge in [0.1, 0.15) is 0 Å². The Morgan fingerprint density at radius 3 is 1.41 bits per heavy atom. The van der Waals surface area contributed by atoms with E-state index in [1.54, 1.807) is 0 Å². The van der Waals surface area contributed by atoms with E-state index in [0.717, 1.165) is 64.4 Å². The molecule has 0 bridgehead atoms. The first-order valence-electron chi connectivity index (χ1n) is 5.79. The van der Waals surface area contributed by atoms with E-state index in [1.165, 1.54) is 0 Å². The summed E-state index contributed by atoms with van der Waals surface area (Å²) in [4.78, 5) is 4.18. The molecule has 0 nitrogen and oxygen atoms in total. The fourth-order valence-corrected chi connectivity index (χ4v) is 1.86. The van der Waals surface area contributed by atoms with Crippen molar-refractivity contribution in [2.24, 2.45) is 0 Å². The summed E-state index contributed by atoms with van der Waals surface area (Å²) in [5.74, 6) is 0. The Hall–Kier alpha value is 0.360. The maximum Gasteiger partial charge on any atom is -0.00645 e. The normalized spacial score (nSPS) is 10.0. The molecule has 0 rings (SSSR count). The maximum absolute atomic E-state index is 5.31. The molecule has 0 aromatic carbocycles. The van der Waals surface area contributed by atoms with Gasteiger partial charge in [-0.2, -0.15) is 0 Å². The second kappa shape index (κ2) is 10.3. The third-order valence-electron chi connectivity index (χ3n) is 2.40. The molecule has 4 heteroatoms. The van der Waals surface area contributed by atoms with Crippen LogP contribution in [0, 0.1) is 6.92 Å². The molecular formula is C13H19S4. The Morgan fingerprint density at radius 2 is 1.06 bits per heavy atom. The number of rotatable bonds is 10. The summed E-state index contributed by atoms with van der Waals surface area (Å²) in [6, 6.07) is 0. The van der Waals surface area contributed by atoms with Crippen molar-refractivity contribution < 1.29 is 0 Å². The smallest absolute Gasteiger partial charge is 0.00645 e. The van der Waals surface area contributed by atoms with Gasteiger partial charge in [-0.15, -0.1) is 0 Å². The van der Waals surface area contributed by atoms with Crippen molar-refractivity contribution in [3.05, 3.63) is 6.92 Å². The first kappa shape index (κ1) is 17.4. The summed E-state index contributed by atoms with van der Waals surface area (Å²) < 4.78 is 0. The molecule has 0 aromatic heterocycles. The Morgan fingerprint density at radius 1 is 0.706 bits per heavy atom. The lowest BCUT2D eigenvalue weighted by Crippen LogP contribution is -2.04. The lowest BCUT2D eigenvalue weighted by atomic mass is 10.1. The molecule has 1 radical (unpaired) electrons. The predicted molar refractivity (Wildman–Crippen MR) is 93.7 cm³/mol. The van der Waals surface area contributed by atoms with Crippen LogP contribution in [0.25, 0.3) is 0 Å². The van der Waals surface area contributed by atoms with Gasteiger partial charge in [0.05, 0.1) is 0 Å². The molecule has 0 atom stereocenters. The molecule has 0 fully saturated rings. The lowest BCUT2D eigenvalue weighted by Gasteiger charge is -2.05. The van der Waals surface area contributed by atoms with Crippen LogP contribution in [0.1, 0.15) is 51.9 Å². The van der Waals surface area contributed by atoms with Crippen molar-refractivity contribution in [2.75, 3.05) is 0 Å². The summed E-state index contributed by atoms with van der Waals surface area (Å²) in [6.45, 7) is 5.72. The zero-order valence-corrected chi connectivity index (χ0v) is 13.6. The van der Waals surface area contributed by atoms with E-state index in [-0.39, 0.29) is 0 Å². The predicted octanol–water partition coefficient (Wildman–Crippen LogP) is 5.05. The molecule has 0 spiro atoms. The molecule has 0 amide bonds. The van der Waals surface area contributed by atoms with Gasteiger partial charge in [-0.05, 0) is 78.3 Å². The van der Waals surface area contributed by atoms with Crippen LogP contribution >= 0.6 is 48.9 Å². The van der Waals surface area contributed by atoms with Gasteiger partial charge in [0.15, 0.2) is 0 Å². The molecule has 95 valence electrons. The summed E-state index contributed by atoms with van der Waals surface area (Å²) in [7, 11) is 0. The van der Waals surface area contributed by atoms with Gasteiger partial charge < -0.3 is 0 Å². The van der Waals surface area contributed by atoms with Crippen molar-refractivity contribution >= 4 is 68.3 Å². The summed E-state index contributed by atoms with van der Waals surface area (Å²) in [5.41, 5.74) is 0. The SMILES string of the molecule is [CH2]CC(=S)CCC(=S)CCC(=S)CCC(C)=S. The van der Waals surface area contributed by atoms with Gasteiger partial charge >= 0.3 is 0 Å². The van der Waals surface area contributed by atoms with Gasteiger partial charge in [-0.25, -0.2) is 0 Å². The quantitative estimate of drug-likeness (QED) is 0.518. The largest absolute Gasteiger partial charge is 0.0900 e. The van der Waals surface area contributed by atoms with E-state index in [4.69, 9.17) is 48.9 Å². The van der Waals surface area contributed by atoms with Gasteiger partial charge in [0.2, 0.25) is 0 Å². The highest BCUT2D eigenvalue weighted by molar-refractivity contribution is 7.81. The topological polar surface area (TPSA) is 0 Å². The summed E-state index contributed by atoms with van der Waals surface area (Å²) in [6.07, 6.45) is 6.18. The van der Waals surface area contributed by atoms with Crippen LogP contribution < -0.4 is 0 Å². The van der Waals surface area contributed by atoms with Crippen LogP contribution in [0.2, 0.25) is 0 Å². The Kier molecular flexibility index (Phi) is 10.5. The highest BCUT2D eigenvalue weighted by Crippen LogP contribution is 2.08. The molecule has 17 heavy (non-hydrogen) atoms. The van der Waals surface area contributed by atoms with Crippen LogP contribution in [0.4, 0.5) is 0 Å². The molecule has 0 saturated heterocycles. The van der Waals surface area contributed by atoms with Gasteiger partial charge in [-0.3, -0.25) is 0 Å². The van der Waals surface area contributed by atoms with Gasteiger partial charge in [0.25, 0.3) is 0 Å². The molecule has 0 N–H and O–H groups in total. The highest BCUT2D eigenvalue weighted by atomic mass is 32.1. The number of hydrogen-bond acceptors (Lipinski definition) is 4. The van der Waals surface area contributed by atoms with Gasteiger partial charge in [0, 0.05) is 0 Å². The molecule has 0 unspecified atom stereocenters. The molecule has 0 aromatic rings. The molecule has 0 aliphatic heterocycles. The maximum atomic E-state index is 5.31. The third-order valence-corrected chi connectivity index (χ3v) is 3.83. The fraction of sp³-hybridized carbons (Fsp3) is 0.615. The third kappa shape index (κ3) is 11.2. The molecule has 0 heterocycles. The van der Waals surface area contributed by atoms with Crippen LogP contribution in [-0.4, -0.2) is 19.5 Å². The van der Waals surface area contributed by atoms with Crippen LogP contribution in [-0.2, 0) is 0 Å². The molecule has 0 aliphatic rings. The Labute approximate surface area is 127 Å². The summed E-state index contributed by atoms with van der Waals surface area (Å²) in [5, 5.41) is 0. The molecule has 0 saturated carbocycles. The van der Waals surface area contributed by atoms with E-state index in [9.17, 15) is 0 Å². The van der Waals surface area contributed by atoms with Crippen LogP contribution in [0.3, 0.4) is 0 Å². The minimum Gasteiger partial charge on any atom is -0.0900 e. The average molecular weight is 304 g/mol. The van der Waals surface area contributed by atoms with Crippen molar-refractivity contribution in [3.8, 4) is 0 Å². The average Bonchev–Trinajstić information content (AvgIpc) is 2.30. The van der Waals surface area contributed by atoms with Crippen LogP contribution in [0.15, 0.2) is 0 Å². The number of thiocarbonyl (C=S) groups is 4.